The number of ether oxygens (including phenoxy) is 1. The third-order valence-electron chi connectivity index (χ3n) is 3.43. The summed E-state index contributed by atoms with van der Waals surface area (Å²) in [4.78, 5) is 8.49. The van der Waals surface area contributed by atoms with E-state index in [4.69, 9.17) is 9.84 Å². The molecular weight excluding hydrogens is 264 g/mol. The maximum Gasteiger partial charge on any atom is 0.252 e. The van der Waals surface area contributed by atoms with Crippen LogP contribution in [0, 0.1) is 13.8 Å². The monoisotopic (exact) mass is 280 g/mol. The lowest BCUT2D eigenvalue weighted by Gasteiger charge is -2.10. The summed E-state index contributed by atoms with van der Waals surface area (Å²) in [6.07, 6.45) is -4.04. The molecule has 1 aliphatic heterocycles. The number of aromatic nitrogens is 4. The smallest absolute Gasteiger partial charge is 0.252 e. The summed E-state index contributed by atoms with van der Waals surface area (Å²) in [5, 5.41) is 33.1. The predicted octanol–water partition coefficient (Wildman–Crippen LogP) is -1.10. The zero-order chi connectivity index (χ0) is 14.4. The fourth-order valence-corrected chi connectivity index (χ4v) is 2.42. The predicted molar refractivity (Wildman–Crippen MR) is 67.0 cm³/mol. The highest BCUT2D eigenvalue weighted by Crippen LogP contribution is 2.31. The standard InChI is InChI=1S/C12H16N4O4/c1-5-3-6(2)16-12(13-5)14-11(15-16)10-9(19)8(18)7(4-17)20-10/h3,7-10,17-19H,4H2,1-2H3/t7-,8-,9-,10-/m1/s1. The highest BCUT2D eigenvalue weighted by Gasteiger charge is 2.45. The summed E-state index contributed by atoms with van der Waals surface area (Å²) in [7, 11) is 0. The van der Waals surface area contributed by atoms with Gasteiger partial charge in [0.1, 0.15) is 24.4 Å². The molecule has 0 aromatic carbocycles. The second kappa shape index (κ2) is 4.74. The van der Waals surface area contributed by atoms with E-state index in [2.05, 4.69) is 15.1 Å². The van der Waals surface area contributed by atoms with Crippen molar-refractivity contribution in [2.45, 2.75) is 38.3 Å². The fourth-order valence-electron chi connectivity index (χ4n) is 2.42. The van der Waals surface area contributed by atoms with Crippen molar-refractivity contribution in [1.29, 1.82) is 0 Å². The quantitative estimate of drug-likeness (QED) is 0.639. The second-order valence-corrected chi connectivity index (χ2v) is 4.98. The number of fused-ring (bicyclic) bond motifs is 1. The lowest BCUT2D eigenvalue weighted by Crippen LogP contribution is -2.32. The van der Waals surface area contributed by atoms with E-state index in [9.17, 15) is 10.2 Å². The van der Waals surface area contributed by atoms with E-state index in [0.717, 1.165) is 11.4 Å². The molecule has 3 rings (SSSR count). The molecule has 8 nitrogen and oxygen atoms in total. The van der Waals surface area contributed by atoms with Crippen molar-refractivity contribution < 1.29 is 20.1 Å². The molecule has 0 amide bonds. The van der Waals surface area contributed by atoms with Gasteiger partial charge in [0.15, 0.2) is 5.82 Å². The molecule has 108 valence electrons. The van der Waals surface area contributed by atoms with Crippen LogP contribution >= 0.6 is 0 Å². The maximum absolute atomic E-state index is 9.97. The molecule has 2 aromatic rings. The average molecular weight is 280 g/mol. The minimum atomic E-state index is -1.18. The maximum atomic E-state index is 9.97. The third kappa shape index (κ3) is 1.97. The Kier molecular flexibility index (Phi) is 3.17. The van der Waals surface area contributed by atoms with Crippen molar-refractivity contribution in [3.05, 3.63) is 23.3 Å². The Labute approximate surface area is 114 Å². The number of aryl methyl sites for hydroxylation is 2. The van der Waals surface area contributed by atoms with Crippen molar-refractivity contribution in [3.8, 4) is 0 Å². The first-order chi connectivity index (χ1) is 9.51. The van der Waals surface area contributed by atoms with Gasteiger partial charge in [-0.1, -0.05) is 0 Å². The third-order valence-corrected chi connectivity index (χ3v) is 3.43. The first-order valence-corrected chi connectivity index (χ1v) is 6.34. The summed E-state index contributed by atoms with van der Waals surface area (Å²) >= 11 is 0. The zero-order valence-corrected chi connectivity index (χ0v) is 11.1. The first kappa shape index (κ1) is 13.4. The van der Waals surface area contributed by atoms with E-state index in [1.165, 1.54) is 0 Å². The average Bonchev–Trinajstić information content (AvgIpc) is 2.93. The van der Waals surface area contributed by atoms with Gasteiger partial charge in [0.05, 0.1) is 6.61 Å². The van der Waals surface area contributed by atoms with Crippen LogP contribution in [0.1, 0.15) is 23.3 Å². The van der Waals surface area contributed by atoms with Crippen molar-refractivity contribution in [2.75, 3.05) is 6.61 Å². The Morgan fingerprint density at radius 2 is 2.00 bits per heavy atom. The van der Waals surface area contributed by atoms with Gasteiger partial charge in [-0.05, 0) is 19.9 Å². The molecule has 4 atom stereocenters. The molecule has 1 saturated heterocycles. The molecule has 1 fully saturated rings. The number of nitrogens with zero attached hydrogens (tertiary/aromatic N) is 4. The van der Waals surface area contributed by atoms with E-state index < -0.39 is 24.4 Å². The van der Waals surface area contributed by atoms with Gasteiger partial charge in [-0.15, -0.1) is 5.10 Å². The van der Waals surface area contributed by atoms with Crippen LogP contribution in [0.15, 0.2) is 6.07 Å². The molecule has 20 heavy (non-hydrogen) atoms. The Bertz CT molecular complexity index is 644. The fraction of sp³-hybridized carbons (Fsp3) is 0.583. The van der Waals surface area contributed by atoms with E-state index in [-0.39, 0.29) is 12.4 Å². The van der Waals surface area contributed by atoms with E-state index in [1.54, 1.807) is 4.52 Å². The van der Waals surface area contributed by atoms with Crippen molar-refractivity contribution in [3.63, 3.8) is 0 Å². The highest BCUT2D eigenvalue weighted by atomic mass is 16.6. The van der Waals surface area contributed by atoms with E-state index >= 15 is 0 Å². The molecule has 0 unspecified atom stereocenters. The van der Waals surface area contributed by atoms with Crippen molar-refractivity contribution >= 4 is 5.78 Å². The van der Waals surface area contributed by atoms with Crippen molar-refractivity contribution in [1.82, 2.24) is 19.6 Å². The normalized spacial score (nSPS) is 30.2. The Morgan fingerprint density at radius 1 is 1.25 bits per heavy atom. The second-order valence-electron chi connectivity index (χ2n) is 4.98. The first-order valence-electron chi connectivity index (χ1n) is 6.34. The summed E-state index contributed by atoms with van der Waals surface area (Å²) in [6.45, 7) is 3.35. The Balaban J connectivity index is 2.01. The van der Waals surface area contributed by atoms with Crippen LogP contribution in [-0.4, -0.2) is 59.8 Å². The SMILES string of the molecule is Cc1cc(C)n2nc([C@@H]3O[C@H](CO)[C@@H](O)[C@H]3O)nc2n1. The van der Waals surface area contributed by atoms with Crippen molar-refractivity contribution in [2.24, 2.45) is 0 Å². The lowest BCUT2D eigenvalue weighted by atomic mass is 10.1. The number of hydrogen-bond donors (Lipinski definition) is 3. The van der Waals surface area contributed by atoms with Gasteiger partial charge in [0, 0.05) is 11.4 Å². The lowest BCUT2D eigenvalue weighted by molar-refractivity contribution is -0.0252. The van der Waals surface area contributed by atoms with Gasteiger partial charge in [-0.25, -0.2) is 9.50 Å². The molecule has 3 heterocycles. The summed E-state index contributed by atoms with van der Waals surface area (Å²) in [5.41, 5.74) is 1.67. The van der Waals surface area contributed by atoms with Gasteiger partial charge >= 0.3 is 0 Å². The highest BCUT2D eigenvalue weighted by molar-refractivity contribution is 5.31. The summed E-state index contributed by atoms with van der Waals surface area (Å²) in [6, 6.07) is 1.86. The molecule has 0 saturated carbocycles. The summed E-state index contributed by atoms with van der Waals surface area (Å²) in [5.74, 6) is 0.656. The van der Waals surface area contributed by atoms with Gasteiger partial charge in [0.2, 0.25) is 0 Å². The number of aliphatic hydroxyl groups excluding tert-OH is 3. The van der Waals surface area contributed by atoms with Crippen LogP contribution in [0.4, 0.5) is 0 Å². The van der Waals surface area contributed by atoms with Gasteiger partial charge < -0.3 is 20.1 Å². The van der Waals surface area contributed by atoms with Gasteiger partial charge in [-0.2, -0.15) is 4.98 Å². The Hall–Kier alpha value is -1.61. The van der Waals surface area contributed by atoms with Crippen LogP contribution in [0.2, 0.25) is 0 Å². The van der Waals surface area contributed by atoms with Crippen LogP contribution in [0.3, 0.4) is 0 Å². The molecule has 0 bridgehead atoms. The van der Waals surface area contributed by atoms with Gasteiger partial charge in [0.25, 0.3) is 5.78 Å². The van der Waals surface area contributed by atoms with Crippen LogP contribution in [0.25, 0.3) is 5.78 Å². The van der Waals surface area contributed by atoms with E-state index in [0.29, 0.717) is 5.78 Å². The van der Waals surface area contributed by atoms with E-state index in [1.807, 2.05) is 19.9 Å². The number of aliphatic hydroxyl groups is 3. The van der Waals surface area contributed by atoms with Crippen LogP contribution in [0.5, 0.6) is 0 Å². The summed E-state index contributed by atoms with van der Waals surface area (Å²) < 4.78 is 6.96. The van der Waals surface area contributed by atoms with Gasteiger partial charge in [-0.3, -0.25) is 0 Å². The molecule has 2 aromatic heterocycles. The number of hydrogen-bond acceptors (Lipinski definition) is 7. The van der Waals surface area contributed by atoms with Crippen LogP contribution < -0.4 is 0 Å². The molecule has 0 radical (unpaired) electrons. The topological polar surface area (TPSA) is 113 Å². The molecule has 8 heteroatoms. The Morgan fingerprint density at radius 3 is 2.65 bits per heavy atom. The molecular formula is C12H16N4O4. The largest absolute Gasteiger partial charge is 0.394 e. The molecule has 3 N–H and O–H groups in total. The molecule has 0 aliphatic carbocycles. The minimum absolute atomic E-state index is 0.244. The molecule has 1 aliphatic rings. The molecule has 0 spiro atoms. The minimum Gasteiger partial charge on any atom is -0.394 e. The zero-order valence-electron chi connectivity index (χ0n) is 11.1. The number of rotatable bonds is 2. The van der Waals surface area contributed by atoms with Crippen LogP contribution in [-0.2, 0) is 4.74 Å².